The summed E-state index contributed by atoms with van der Waals surface area (Å²) >= 11 is 0. The van der Waals surface area contributed by atoms with Crippen LogP contribution in [0, 0.1) is 10.1 Å². The lowest BCUT2D eigenvalue weighted by Gasteiger charge is -2.01. The molecule has 0 aliphatic heterocycles. The number of nitrogens with zero attached hydrogens (tertiary/aromatic N) is 1. The maximum absolute atomic E-state index is 10.4. The van der Waals surface area contributed by atoms with Crippen LogP contribution in [0.3, 0.4) is 0 Å². The molecule has 0 atom stereocenters. The van der Waals surface area contributed by atoms with Gasteiger partial charge in [-0.3, -0.25) is 14.9 Å². The molecule has 0 aromatic heterocycles. The molecule has 13 heavy (non-hydrogen) atoms. The van der Waals surface area contributed by atoms with Gasteiger partial charge in [0.05, 0.1) is 4.92 Å². The van der Waals surface area contributed by atoms with Gasteiger partial charge in [0.15, 0.2) is 12.0 Å². The molecule has 0 amide bonds. The number of rotatable bonds is 4. The normalized spacial score (nSPS) is 9.23. The van der Waals surface area contributed by atoms with Crippen molar-refractivity contribution in [2.45, 2.75) is 0 Å². The molecule has 0 fully saturated rings. The molecule has 1 rings (SSSR count). The number of hydrogen-bond donors (Lipinski definition) is 0. The van der Waals surface area contributed by atoms with Gasteiger partial charge in [-0.05, 0) is 6.07 Å². The Morgan fingerprint density at radius 2 is 2.15 bits per heavy atom. The lowest BCUT2D eigenvalue weighted by molar-refractivity contribution is -0.385. The van der Waals surface area contributed by atoms with Gasteiger partial charge in [-0.25, -0.2) is 0 Å². The van der Waals surface area contributed by atoms with Crippen molar-refractivity contribution >= 4 is 12.0 Å². The minimum atomic E-state index is -0.555. The first-order valence-corrected chi connectivity index (χ1v) is 3.55. The van der Waals surface area contributed by atoms with E-state index in [2.05, 4.69) is 0 Å². The zero-order valence-corrected chi connectivity index (χ0v) is 6.67. The van der Waals surface area contributed by atoms with E-state index in [-0.39, 0.29) is 18.0 Å². The Kier molecular flexibility index (Phi) is 2.97. The quantitative estimate of drug-likeness (QED) is 0.397. The average Bonchev–Trinajstić information content (AvgIpc) is 2.15. The van der Waals surface area contributed by atoms with E-state index in [1.807, 2.05) is 0 Å². The lowest BCUT2D eigenvalue weighted by atomic mass is 10.3. The molecule has 1 aromatic carbocycles. The van der Waals surface area contributed by atoms with Crippen molar-refractivity contribution in [1.82, 2.24) is 0 Å². The van der Waals surface area contributed by atoms with Crippen LogP contribution in [0.5, 0.6) is 5.75 Å². The van der Waals surface area contributed by atoms with E-state index < -0.39 is 4.92 Å². The monoisotopic (exact) mass is 181 g/mol. The van der Waals surface area contributed by atoms with Gasteiger partial charge >= 0.3 is 5.69 Å². The van der Waals surface area contributed by atoms with Crippen molar-refractivity contribution in [2.75, 3.05) is 6.61 Å². The van der Waals surface area contributed by atoms with Crippen LogP contribution < -0.4 is 4.74 Å². The van der Waals surface area contributed by atoms with E-state index in [9.17, 15) is 14.9 Å². The summed E-state index contributed by atoms with van der Waals surface area (Å²) in [6.07, 6.45) is 0.538. The number of para-hydroxylation sites is 2. The molecule has 0 saturated heterocycles. The van der Waals surface area contributed by atoms with Crippen LogP contribution in [0.15, 0.2) is 24.3 Å². The summed E-state index contributed by atoms with van der Waals surface area (Å²) in [6, 6.07) is 5.90. The van der Waals surface area contributed by atoms with Gasteiger partial charge in [-0.15, -0.1) is 0 Å². The maximum Gasteiger partial charge on any atom is 0.310 e. The molecule has 0 N–H and O–H groups in total. The van der Waals surface area contributed by atoms with Gasteiger partial charge in [0.25, 0.3) is 0 Å². The molecule has 68 valence electrons. The number of nitro benzene ring substituents is 1. The van der Waals surface area contributed by atoms with Gasteiger partial charge in [0, 0.05) is 6.07 Å². The van der Waals surface area contributed by atoms with Crippen LogP contribution in [0.2, 0.25) is 0 Å². The molecule has 0 aliphatic carbocycles. The Morgan fingerprint density at radius 3 is 2.77 bits per heavy atom. The average molecular weight is 181 g/mol. The molecule has 5 nitrogen and oxygen atoms in total. The summed E-state index contributed by atoms with van der Waals surface area (Å²) in [7, 11) is 0. The summed E-state index contributed by atoms with van der Waals surface area (Å²) in [5.41, 5.74) is -0.135. The number of benzene rings is 1. The first-order chi connectivity index (χ1) is 6.25. The number of carbonyl (C=O) groups is 1. The Hall–Kier alpha value is -1.91. The molecular formula is C8H7NO4. The Morgan fingerprint density at radius 1 is 1.46 bits per heavy atom. The molecule has 0 unspecified atom stereocenters. The highest BCUT2D eigenvalue weighted by atomic mass is 16.6. The maximum atomic E-state index is 10.4. The predicted octanol–water partition coefficient (Wildman–Crippen LogP) is 1.17. The summed E-state index contributed by atoms with van der Waals surface area (Å²) in [4.78, 5) is 19.8. The van der Waals surface area contributed by atoms with Crippen LogP contribution in [0.25, 0.3) is 0 Å². The zero-order valence-electron chi connectivity index (χ0n) is 6.67. The molecule has 5 heteroatoms. The number of aldehydes is 1. The summed E-state index contributed by atoms with van der Waals surface area (Å²) in [5, 5.41) is 10.4. The second-order valence-corrected chi connectivity index (χ2v) is 2.20. The molecule has 0 spiro atoms. The summed E-state index contributed by atoms with van der Waals surface area (Å²) in [5.74, 6) is 0.111. The summed E-state index contributed by atoms with van der Waals surface area (Å²) < 4.78 is 4.84. The van der Waals surface area contributed by atoms with E-state index in [4.69, 9.17) is 4.74 Å². The second-order valence-electron chi connectivity index (χ2n) is 2.20. The fraction of sp³-hybridized carbons (Fsp3) is 0.125. The van der Waals surface area contributed by atoms with Crippen molar-refractivity contribution in [2.24, 2.45) is 0 Å². The number of hydrogen-bond acceptors (Lipinski definition) is 4. The summed E-state index contributed by atoms with van der Waals surface area (Å²) in [6.45, 7) is -0.176. The van der Waals surface area contributed by atoms with E-state index in [1.54, 1.807) is 6.07 Å². The molecule has 0 radical (unpaired) electrons. The number of ether oxygens (including phenoxy) is 1. The Bertz CT molecular complexity index is 324. The van der Waals surface area contributed by atoms with Crippen molar-refractivity contribution in [1.29, 1.82) is 0 Å². The molecular weight excluding hydrogens is 174 g/mol. The fourth-order valence-corrected chi connectivity index (χ4v) is 0.854. The highest BCUT2D eigenvalue weighted by molar-refractivity contribution is 5.53. The van der Waals surface area contributed by atoms with Crippen molar-refractivity contribution < 1.29 is 14.5 Å². The van der Waals surface area contributed by atoms with Crippen molar-refractivity contribution in [3.8, 4) is 5.75 Å². The fourth-order valence-electron chi connectivity index (χ4n) is 0.854. The van der Waals surface area contributed by atoms with E-state index in [1.165, 1.54) is 18.2 Å². The topological polar surface area (TPSA) is 69.4 Å². The van der Waals surface area contributed by atoms with Crippen LogP contribution in [0.4, 0.5) is 5.69 Å². The standard InChI is InChI=1S/C8H7NO4/c10-5-6-13-8-4-2-1-3-7(8)9(11)12/h1-5H,6H2. The van der Waals surface area contributed by atoms with Crippen molar-refractivity contribution in [3.05, 3.63) is 34.4 Å². The van der Waals surface area contributed by atoms with Gasteiger partial charge in [-0.2, -0.15) is 0 Å². The highest BCUT2D eigenvalue weighted by Gasteiger charge is 2.12. The lowest BCUT2D eigenvalue weighted by Crippen LogP contribution is -2.00. The van der Waals surface area contributed by atoms with Crippen LogP contribution in [-0.2, 0) is 4.79 Å². The van der Waals surface area contributed by atoms with Crippen LogP contribution >= 0.6 is 0 Å². The van der Waals surface area contributed by atoms with Crippen LogP contribution in [0.1, 0.15) is 0 Å². The predicted molar refractivity (Wildman–Crippen MR) is 44.7 cm³/mol. The van der Waals surface area contributed by atoms with Crippen LogP contribution in [-0.4, -0.2) is 17.8 Å². The van der Waals surface area contributed by atoms with Gasteiger partial charge in [-0.1, -0.05) is 12.1 Å². The molecule has 0 bridgehead atoms. The first kappa shape index (κ1) is 9.18. The Balaban J connectivity index is 2.90. The third-order valence-corrected chi connectivity index (χ3v) is 1.37. The van der Waals surface area contributed by atoms with E-state index in [0.29, 0.717) is 6.29 Å². The molecule has 0 saturated carbocycles. The Labute approximate surface area is 74.1 Å². The number of carbonyl (C=O) groups excluding carboxylic acids is 1. The minimum absolute atomic E-state index is 0.111. The SMILES string of the molecule is O=CCOc1ccccc1[N+](=O)[O-]. The first-order valence-electron chi connectivity index (χ1n) is 3.55. The highest BCUT2D eigenvalue weighted by Crippen LogP contribution is 2.25. The van der Waals surface area contributed by atoms with E-state index >= 15 is 0 Å². The minimum Gasteiger partial charge on any atom is -0.479 e. The third kappa shape index (κ3) is 2.26. The van der Waals surface area contributed by atoms with Gasteiger partial charge < -0.3 is 4.74 Å². The molecule has 1 aromatic rings. The largest absolute Gasteiger partial charge is 0.479 e. The third-order valence-electron chi connectivity index (χ3n) is 1.37. The van der Waals surface area contributed by atoms with Gasteiger partial charge in [0.2, 0.25) is 0 Å². The zero-order chi connectivity index (χ0) is 9.68. The molecule has 0 heterocycles. The van der Waals surface area contributed by atoms with Gasteiger partial charge in [0.1, 0.15) is 6.61 Å². The van der Waals surface area contributed by atoms with Crippen molar-refractivity contribution in [3.63, 3.8) is 0 Å². The smallest absolute Gasteiger partial charge is 0.310 e. The van der Waals surface area contributed by atoms with E-state index in [0.717, 1.165) is 0 Å². The number of nitro groups is 1. The molecule has 0 aliphatic rings. The second kappa shape index (κ2) is 4.20.